The quantitative estimate of drug-likeness (QED) is 0.905. The third-order valence-corrected chi connectivity index (χ3v) is 5.54. The topological polar surface area (TPSA) is 66.3 Å². The molecule has 0 radical (unpaired) electrons. The summed E-state index contributed by atoms with van der Waals surface area (Å²) in [7, 11) is 1.82. The first-order valence-electron chi connectivity index (χ1n) is 8.40. The number of aliphatic hydroxyl groups excluding tert-OH is 1. The van der Waals surface area contributed by atoms with E-state index in [-0.39, 0.29) is 17.9 Å². The zero-order valence-corrected chi connectivity index (χ0v) is 14.7. The van der Waals surface area contributed by atoms with E-state index in [1.165, 1.54) is 11.3 Å². The molecule has 24 heavy (non-hydrogen) atoms. The van der Waals surface area contributed by atoms with Crippen molar-refractivity contribution in [2.24, 2.45) is 5.92 Å². The number of rotatable bonds is 5. The van der Waals surface area contributed by atoms with Gasteiger partial charge in [0.05, 0.1) is 18.2 Å². The summed E-state index contributed by atoms with van der Waals surface area (Å²) in [5.74, 6) is 0.255. The predicted molar refractivity (Wildman–Crippen MR) is 94.7 cm³/mol. The van der Waals surface area contributed by atoms with Crippen molar-refractivity contribution in [3.05, 3.63) is 35.6 Å². The molecule has 2 heterocycles. The molecule has 0 aromatic carbocycles. The van der Waals surface area contributed by atoms with Gasteiger partial charge in [-0.3, -0.25) is 9.78 Å². The fourth-order valence-electron chi connectivity index (χ4n) is 3.15. The Morgan fingerprint density at radius 2 is 2.25 bits per heavy atom. The van der Waals surface area contributed by atoms with Gasteiger partial charge in [0.1, 0.15) is 5.01 Å². The number of aromatic nitrogens is 2. The van der Waals surface area contributed by atoms with Gasteiger partial charge in [0.15, 0.2) is 0 Å². The first kappa shape index (κ1) is 17.0. The summed E-state index contributed by atoms with van der Waals surface area (Å²) < 4.78 is 0. The van der Waals surface area contributed by atoms with Gasteiger partial charge < -0.3 is 10.0 Å². The Bertz CT molecular complexity index is 674. The van der Waals surface area contributed by atoms with E-state index in [1.54, 1.807) is 17.3 Å². The molecule has 6 heteroatoms. The van der Waals surface area contributed by atoms with Crippen LogP contribution in [0.1, 0.15) is 31.4 Å². The second kappa shape index (κ2) is 7.85. The van der Waals surface area contributed by atoms with Crippen LogP contribution < -0.4 is 0 Å². The minimum absolute atomic E-state index is 0.0517. The van der Waals surface area contributed by atoms with Gasteiger partial charge in [0.25, 0.3) is 0 Å². The molecule has 2 aromatic rings. The third-order valence-electron chi connectivity index (χ3n) is 4.60. The van der Waals surface area contributed by atoms with Gasteiger partial charge in [-0.1, -0.05) is 12.8 Å². The van der Waals surface area contributed by atoms with Gasteiger partial charge >= 0.3 is 0 Å². The van der Waals surface area contributed by atoms with Gasteiger partial charge in [0.2, 0.25) is 5.91 Å². The molecule has 1 aliphatic rings. The summed E-state index contributed by atoms with van der Waals surface area (Å²) in [6.45, 7) is 0.625. The summed E-state index contributed by atoms with van der Waals surface area (Å²) in [5.41, 5.74) is 1.76. The van der Waals surface area contributed by atoms with Gasteiger partial charge in [0, 0.05) is 42.8 Å². The molecule has 1 aliphatic carbocycles. The number of nitrogens with zero attached hydrogens (tertiary/aromatic N) is 3. The van der Waals surface area contributed by atoms with E-state index in [2.05, 4.69) is 9.97 Å². The molecule has 0 aliphatic heterocycles. The molecule has 128 valence electrons. The summed E-state index contributed by atoms with van der Waals surface area (Å²) in [6, 6.07) is 3.85. The molecule has 0 saturated heterocycles. The lowest BCUT2D eigenvalue weighted by molar-refractivity contribution is -0.130. The third kappa shape index (κ3) is 4.19. The Kier molecular flexibility index (Phi) is 5.58. The highest BCUT2D eigenvalue weighted by Crippen LogP contribution is 2.26. The van der Waals surface area contributed by atoms with Crippen LogP contribution in [0.2, 0.25) is 0 Å². The van der Waals surface area contributed by atoms with E-state index < -0.39 is 0 Å². The van der Waals surface area contributed by atoms with Crippen molar-refractivity contribution in [3.63, 3.8) is 0 Å². The fraction of sp³-hybridized carbons (Fsp3) is 0.500. The van der Waals surface area contributed by atoms with Crippen molar-refractivity contribution in [2.45, 2.75) is 38.2 Å². The van der Waals surface area contributed by atoms with E-state index in [1.807, 2.05) is 24.6 Å². The van der Waals surface area contributed by atoms with Crippen LogP contribution in [0.4, 0.5) is 0 Å². The van der Waals surface area contributed by atoms with Crippen LogP contribution in [0, 0.1) is 5.92 Å². The number of pyridine rings is 1. The van der Waals surface area contributed by atoms with Crippen LogP contribution in [0.5, 0.6) is 0 Å². The van der Waals surface area contributed by atoms with Crippen molar-refractivity contribution in [2.75, 3.05) is 13.6 Å². The molecule has 1 N–H and O–H groups in total. The minimum atomic E-state index is -0.273. The van der Waals surface area contributed by atoms with Crippen LogP contribution in [-0.4, -0.2) is 45.6 Å². The molecular formula is C18H23N3O2S. The average molecular weight is 345 g/mol. The molecular weight excluding hydrogens is 322 g/mol. The van der Waals surface area contributed by atoms with Crippen LogP contribution >= 0.6 is 11.3 Å². The first-order valence-corrected chi connectivity index (χ1v) is 9.28. The SMILES string of the molecule is CN(CC1CCCCC1O)C(=O)Cc1csc(-c2cccnc2)n1. The van der Waals surface area contributed by atoms with E-state index in [0.717, 1.165) is 41.9 Å². The predicted octanol–water partition coefficient (Wildman–Crippen LogP) is 2.76. The standard InChI is InChI=1S/C18H23N3O2S/c1-21(11-14-5-2-3-7-16(14)22)17(23)9-15-12-24-18(20-15)13-6-4-8-19-10-13/h4,6,8,10,12,14,16,22H,2-3,5,7,9,11H2,1H3. The van der Waals surface area contributed by atoms with E-state index >= 15 is 0 Å². The number of carbonyl (C=O) groups excluding carboxylic acids is 1. The maximum absolute atomic E-state index is 12.4. The minimum Gasteiger partial charge on any atom is -0.393 e. The monoisotopic (exact) mass is 345 g/mol. The summed E-state index contributed by atoms with van der Waals surface area (Å²) in [6.07, 6.45) is 7.63. The number of hydrogen-bond acceptors (Lipinski definition) is 5. The van der Waals surface area contributed by atoms with Crippen molar-refractivity contribution in [1.29, 1.82) is 0 Å². The number of aliphatic hydroxyl groups is 1. The highest BCUT2D eigenvalue weighted by molar-refractivity contribution is 7.13. The van der Waals surface area contributed by atoms with Crippen LogP contribution in [0.25, 0.3) is 10.6 Å². The lowest BCUT2D eigenvalue weighted by Crippen LogP contribution is -2.38. The average Bonchev–Trinajstić information content (AvgIpc) is 3.06. The Balaban J connectivity index is 1.57. The first-order chi connectivity index (χ1) is 11.6. The summed E-state index contributed by atoms with van der Waals surface area (Å²) in [5, 5.41) is 12.9. The zero-order valence-electron chi connectivity index (χ0n) is 13.9. The van der Waals surface area contributed by atoms with Gasteiger partial charge in [-0.25, -0.2) is 4.98 Å². The molecule has 3 rings (SSSR count). The van der Waals surface area contributed by atoms with Crippen LogP contribution in [0.15, 0.2) is 29.9 Å². The second-order valence-corrected chi connectivity index (χ2v) is 7.31. The fourth-order valence-corrected chi connectivity index (χ4v) is 3.97. The Morgan fingerprint density at radius 3 is 3.00 bits per heavy atom. The Morgan fingerprint density at radius 1 is 1.42 bits per heavy atom. The van der Waals surface area contributed by atoms with Crippen molar-refractivity contribution >= 4 is 17.2 Å². The molecule has 1 fully saturated rings. The molecule has 1 saturated carbocycles. The molecule has 0 bridgehead atoms. The molecule has 2 aromatic heterocycles. The number of amides is 1. The molecule has 1 amide bonds. The molecule has 2 atom stereocenters. The van der Waals surface area contributed by atoms with Crippen molar-refractivity contribution < 1.29 is 9.90 Å². The number of thiazole rings is 1. The van der Waals surface area contributed by atoms with Crippen molar-refractivity contribution in [3.8, 4) is 10.6 Å². The Labute approximate surface area is 146 Å². The van der Waals surface area contributed by atoms with Crippen molar-refractivity contribution in [1.82, 2.24) is 14.9 Å². The highest BCUT2D eigenvalue weighted by atomic mass is 32.1. The Hall–Kier alpha value is -1.79. The van der Waals surface area contributed by atoms with E-state index in [0.29, 0.717) is 13.0 Å². The molecule has 0 spiro atoms. The highest BCUT2D eigenvalue weighted by Gasteiger charge is 2.25. The van der Waals surface area contributed by atoms with Gasteiger partial charge in [-0.2, -0.15) is 0 Å². The molecule has 5 nitrogen and oxygen atoms in total. The second-order valence-electron chi connectivity index (χ2n) is 6.45. The van der Waals surface area contributed by atoms with Crippen LogP contribution in [0.3, 0.4) is 0 Å². The number of likely N-dealkylation sites (N-methyl/N-ethyl adjacent to an activating group) is 1. The number of carbonyl (C=O) groups is 1. The maximum atomic E-state index is 12.4. The summed E-state index contributed by atoms with van der Waals surface area (Å²) in [4.78, 5) is 22.8. The maximum Gasteiger partial charge on any atom is 0.228 e. The normalized spacial score (nSPS) is 20.8. The lowest BCUT2D eigenvalue weighted by atomic mass is 9.86. The van der Waals surface area contributed by atoms with E-state index in [9.17, 15) is 9.90 Å². The molecule has 2 unspecified atom stereocenters. The summed E-state index contributed by atoms with van der Waals surface area (Å²) >= 11 is 1.53. The van der Waals surface area contributed by atoms with Gasteiger partial charge in [-0.05, 0) is 25.0 Å². The van der Waals surface area contributed by atoms with Crippen LogP contribution in [-0.2, 0) is 11.2 Å². The zero-order chi connectivity index (χ0) is 16.9. The van der Waals surface area contributed by atoms with Gasteiger partial charge in [-0.15, -0.1) is 11.3 Å². The largest absolute Gasteiger partial charge is 0.393 e. The smallest absolute Gasteiger partial charge is 0.228 e. The number of hydrogen-bond donors (Lipinski definition) is 1. The lowest BCUT2D eigenvalue weighted by Gasteiger charge is -2.31. The van der Waals surface area contributed by atoms with E-state index in [4.69, 9.17) is 0 Å².